The van der Waals surface area contributed by atoms with Crippen LogP contribution in [0.3, 0.4) is 0 Å². The average Bonchev–Trinajstić information content (AvgIpc) is 3.10. The number of anilines is 1. The molecule has 6 nitrogen and oxygen atoms in total. The van der Waals surface area contributed by atoms with Gasteiger partial charge in [0.1, 0.15) is 6.61 Å². The number of sulfone groups is 1. The van der Waals surface area contributed by atoms with Gasteiger partial charge in [-0.1, -0.05) is 30.3 Å². The maximum absolute atomic E-state index is 13.0. The van der Waals surface area contributed by atoms with Crippen LogP contribution in [0.2, 0.25) is 0 Å². The normalized spacial score (nSPS) is 17.8. The van der Waals surface area contributed by atoms with E-state index in [4.69, 9.17) is 4.74 Å². The van der Waals surface area contributed by atoms with E-state index in [9.17, 15) is 26.4 Å². The van der Waals surface area contributed by atoms with Gasteiger partial charge in [0.2, 0.25) is 0 Å². The van der Waals surface area contributed by atoms with E-state index in [2.05, 4.69) is 5.32 Å². The second-order valence-electron chi connectivity index (χ2n) is 7.82. The Bertz CT molecular complexity index is 1080. The van der Waals surface area contributed by atoms with E-state index in [0.29, 0.717) is 43.7 Å². The van der Waals surface area contributed by atoms with Crippen molar-refractivity contribution in [3.05, 3.63) is 59.7 Å². The first-order chi connectivity index (χ1) is 14.6. The Morgan fingerprint density at radius 2 is 1.77 bits per heavy atom. The van der Waals surface area contributed by atoms with Crippen LogP contribution in [0, 0.1) is 0 Å². The van der Waals surface area contributed by atoms with Crippen LogP contribution >= 0.6 is 0 Å². The number of carbonyl (C=O) groups excluding carboxylic acids is 1. The summed E-state index contributed by atoms with van der Waals surface area (Å²) in [7, 11) is -5.42. The van der Waals surface area contributed by atoms with Gasteiger partial charge in [-0.15, -0.1) is 0 Å². The van der Waals surface area contributed by atoms with Crippen LogP contribution in [0.15, 0.2) is 53.4 Å². The zero-order chi connectivity index (χ0) is 22.3. The number of nitrogens with one attached hydrogen (secondary N) is 1. The second-order valence-corrected chi connectivity index (χ2v) is 9.76. The van der Waals surface area contributed by atoms with E-state index in [1.165, 1.54) is 6.07 Å². The Morgan fingerprint density at radius 1 is 1.10 bits per heavy atom. The second kappa shape index (κ2) is 7.74. The molecule has 2 aromatic carbocycles. The largest absolute Gasteiger partial charge is 0.501 e. The number of ether oxygens (including phenoxy) is 1. The Kier molecular flexibility index (Phi) is 5.36. The number of fused-ring (bicyclic) bond motifs is 2. The zero-order valence-corrected chi connectivity index (χ0v) is 17.3. The van der Waals surface area contributed by atoms with Crippen molar-refractivity contribution in [1.29, 1.82) is 0 Å². The maximum atomic E-state index is 13.0. The number of nitrogens with zero attached hydrogens (tertiary/aromatic N) is 1. The number of halogens is 3. The highest BCUT2D eigenvalue weighted by Crippen LogP contribution is 2.45. The number of rotatable bonds is 3. The molecule has 0 unspecified atom stereocenters. The lowest BCUT2D eigenvalue weighted by molar-refractivity contribution is -0.0436. The number of hydrogen-bond acceptors (Lipinski definition) is 5. The topological polar surface area (TPSA) is 75.7 Å². The molecule has 0 atom stereocenters. The molecule has 1 fully saturated rings. The van der Waals surface area contributed by atoms with Crippen molar-refractivity contribution in [3.63, 3.8) is 0 Å². The third kappa shape index (κ3) is 3.96. The van der Waals surface area contributed by atoms with Crippen molar-refractivity contribution < 1.29 is 31.1 Å². The average molecular weight is 454 g/mol. The molecule has 1 spiro atoms. The highest BCUT2D eigenvalue weighted by molar-refractivity contribution is 7.92. The van der Waals surface area contributed by atoms with Gasteiger partial charge in [0.25, 0.3) is 9.84 Å². The molecular formula is C21H21F3N2O4S. The molecule has 2 heterocycles. The molecule has 166 valence electrons. The van der Waals surface area contributed by atoms with Gasteiger partial charge in [-0.2, -0.15) is 13.2 Å². The van der Waals surface area contributed by atoms with Crippen molar-refractivity contribution >= 4 is 21.6 Å². The molecule has 0 radical (unpaired) electrons. The number of benzene rings is 2. The minimum absolute atomic E-state index is 0.157. The summed E-state index contributed by atoms with van der Waals surface area (Å²) in [6.07, 6.45) is 0.532. The fraction of sp³-hybridized carbons (Fsp3) is 0.381. The predicted octanol–water partition coefficient (Wildman–Crippen LogP) is 4.08. The number of amides is 1. The quantitative estimate of drug-likeness (QED) is 0.757. The molecule has 4 rings (SSSR count). The first-order valence-corrected chi connectivity index (χ1v) is 11.3. The molecule has 0 saturated carbocycles. The molecule has 1 N–H and O–H groups in total. The van der Waals surface area contributed by atoms with Crippen LogP contribution < -0.4 is 5.32 Å². The fourth-order valence-corrected chi connectivity index (χ4v) is 4.94. The van der Waals surface area contributed by atoms with Gasteiger partial charge in [-0.3, -0.25) is 0 Å². The lowest BCUT2D eigenvalue weighted by Crippen LogP contribution is -2.46. The number of carbonyl (C=O) groups is 1. The summed E-state index contributed by atoms with van der Waals surface area (Å²) in [6, 6.07) is 12.8. The number of alkyl halides is 3. The van der Waals surface area contributed by atoms with Gasteiger partial charge in [0.15, 0.2) is 0 Å². The van der Waals surface area contributed by atoms with Crippen LogP contribution in [0.1, 0.15) is 24.0 Å². The SMILES string of the molecule is O=C(OCc1ccccc1)N1CCC2(CC1)CNc1ccc(S(=O)(=O)C(F)(F)F)cc12. The molecule has 2 aliphatic heterocycles. The highest BCUT2D eigenvalue weighted by Gasteiger charge is 2.49. The minimum Gasteiger partial charge on any atom is -0.445 e. The Morgan fingerprint density at radius 3 is 2.42 bits per heavy atom. The number of piperidine rings is 1. The van der Waals surface area contributed by atoms with E-state index >= 15 is 0 Å². The molecule has 0 aromatic heterocycles. The van der Waals surface area contributed by atoms with E-state index in [1.807, 2.05) is 30.3 Å². The molecule has 2 aromatic rings. The van der Waals surface area contributed by atoms with Crippen LogP contribution in [-0.4, -0.2) is 44.6 Å². The lowest BCUT2D eigenvalue weighted by atomic mass is 9.74. The van der Waals surface area contributed by atoms with Crippen LogP contribution in [0.5, 0.6) is 0 Å². The standard InChI is InChI=1S/C21H21F3N2O4S/c22-21(23,24)31(28,29)16-6-7-18-17(12-16)20(14-25-18)8-10-26(11-9-20)19(27)30-13-15-4-2-1-3-5-15/h1-7,12,25H,8-11,13-14H2. The van der Waals surface area contributed by atoms with Gasteiger partial charge < -0.3 is 15.0 Å². The van der Waals surface area contributed by atoms with Crippen molar-refractivity contribution in [2.75, 3.05) is 25.0 Å². The molecule has 1 amide bonds. The van der Waals surface area contributed by atoms with Crippen molar-refractivity contribution in [1.82, 2.24) is 4.90 Å². The zero-order valence-electron chi connectivity index (χ0n) is 16.5. The molecule has 1 saturated heterocycles. The molecular weight excluding hydrogens is 433 g/mol. The van der Waals surface area contributed by atoms with Crippen molar-refractivity contribution in [2.45, 2.75) is 35.3 Å². The van der Waals surface area contributed by atoms with E-state index in [1.54, 1.807) is 4.90 Å². The molecule has 31 heavy (non-hydrogen) atoms. The molecule has 0 aliphatic carbocycles. The summed E-state index contributed by atoms with van der Waals surface area (Å²) in [4.78, 5) is 13.2. The summed E-state index contributed by atoms with van der Waals surface area (Å²) < 4.78 is 68.0. The maximum Gasteiger partial charge on any atom is 0.501 e. The third-order valence-electron chi connectivity index (χ3n) is 5.98. The molecule has 0 bridgehead atoms. The first kappa shape index (κ1) is 21.5. The Labute approximate surface area is 177 Å². The van der Waals surface area contributed by atoms with Gasteiger partial charge >= 0.3 is 11.6 Å². The summed E-state index contributed by atoms with van der Waals surface area (Å²) in [5, 5.41) is 3.16. The predicted molar refractivity (Wildman–Crippen MR) is 107 cm³/mol. The summed E-state index contributed by atoms with van der Waals surface area (Å²) in [5.41, 5.74) is -3.83. The number of hydrogen-bond donors (Lipinski definition) is 1. The van der Waals surface area contributed by atoms with Crippen LogP contribution in [-0.2, 0) is 26.6 Å². The highest BCUT2D eigenvalue weighted by atomic mass is 32.2. The molecule has 10 heteroatoms. The minimum atomic E-state index is -5.42. The summed E-state index contributed by atoms with van der Waals surface area (Å²) >= 11 is 0. The van der Waals surface area contributed by atoms with E-state index in [0.717, 1.165) is 17.7 Å². The summed E-state index contributed by atoms with van der Waals surface area (Å²) in [6.45, 7) is 1.37. The monoisotopic (exact) mass is 454 g/mol. The first-order valence-electron chi connectivity index (χ1n) is 9.78. The number of likely N-dealkylation sites (tertiary alicyclic amines) is 1. The third-order valence-corrected chi connectivity index (χ3v) is 7.46. The Balaban J connectivity index is 1.46. The van der Waals surface area contributed by atoms with Gasteiger partial charge in [-0.25, -0.2) is 13.2 Å². The smallest absolute Gasteiger partial charge is 0.445 e. The van der Waals surface area contributed by atoms with Gasteiger partial charge in [0.05, 0.1) is 4.90 Å². The van der Waals surface area contributed by atoms with E-state index in [-0.39, 0.29) is 6.61 Å². The fourth-order valence-electron chi connectivity index (χ4n) is 4.15. The van der Waals surface area contributed by atoms with Crippen molar-refractivity contribution in [3.8, 4) is 0 Å². The van der Waals surface area contributed by atoms with Crippen LogP contribution in [0.25, 0.3) is 0 Å². The summed E-state index contributed by atoms with van der Waals surface area (Å²) in [5.74, 6) is 0. The van der Waals surface area contributed by atoms with Crippen molar-refractivity contribution in [2.24, 2.45) is 0 Å². The van der Waals surface area contributed by atoms with Gasteiger partial charge in [-0.05, 0) is 42.2 Å². The lowest BCUT2D eigenvalue weighted by Gasteiger charge is -2.39. The molecule has 2 aliphatic rings. The van der Waals surface area contributed by atoms with E-state index < -0.39 is 31.7 Å². The van der Waals surface area contributed by atoms with Gasteiger partial charge in [0, 0.05) is 30.7 Å². The van der Waals surface area contributed by atoms with Crippen LogP contribution in [0.4, 0.5) is 23.7 Å². The Hall–Kier alpha value is -2.75.